The van der Waals surface area contributed by atoms with E-state index < -0.39 is 12.1 Å². The van der Waals surface area contributed by atoms with Gasteiger partial charge in [0, 0.05) is 37.0 Å². The highest BCUT2D eigenvalue weighted by Gasteiger charge is 2.32. The Bertz CT molecular complexity index is 690. The van der Waals surface area contributed by atoms with Crippen LogP contribution in [0.1, 0.15) is 69.1 Å². The zero-order chi connectivity index (χ0) is 20.7. The van der Waals surface area contributed by atoms with Gasteiger partial charge >= 0.3 is 6.09 Å². The smallest absolute Gasteiger partial charge is 0.404 e. The lowest BCUT2D eigenvalue weighted by Crippen LogP contribution is -2.49. The molecule has 0 aliphatic heterocycles. The Kier molecular flexibility index (Phi) is 7.83. The SMILES string of the molecule is CCc1cc(C(=O)N[C@H]2CC[C@H](NC(=O)C[C@@H](C)NC(=O)O)C[C@H]2CC)no1. The predicted molar refractivity (Wildman–Crippen MR) is 102 cm³/mol. The van der Waals surface area contributed by atoms with Crippen molar-refractivity contribution in [3.63, 3.8) is 0 Å². The summed E-state index contributed by atoms with van der Waals surface area (Å²) in [7, 11) is 0. The molecule has 9 nitrogen and oxygen atoms in total. The second-order valence-electron chi connectivity index (χ2n) is 7.41. The Morgan fingerprint density at radius 1 is 1.29 bits per heavy atom. The van der Waals surface area contributed by atoms with E-state index >= 15 is 0 Å². The van der Waals surface area contributed by atoms with Gasteiger partial charge in [-0.1, -0.05) is 25.4 Å². The molecule has 1 aliphatic rings. The van der Waals surface area contributed by atoms with Crippen LogP contribution in [0.15, 0.2) is 10.6 Å². The van der Waals surface area contributed by atoms with Crippen LogP contribution in [0.3, 0.4) is 0 Å². The molecule has 0 saturated heterocycles. The van der Waals surface area contributed by atoms with Crippen molar-refractivity contribution in [2.45, 2.75) is 77.4 Å². The number of carbonyl (C=O) groups is 3. The molecule has 1 aliphatic carbocycles. The summed E-state index contributed by atoms with van der Waals surface area (Å²) >= 11 is 0. The Morgan fingerprint density at radius 3 is 2.64 bits per heavy atom. The number of aromatic nitrogens is 1. The van der Waals surface area contributed by atoms with Gasteiger partial charge in [-0.3, -0.25) is 9.59 Å². The Labute approximate surface area is 164 Å². The fourth-order valence-corrected chi connectivity index (χ4v) is 3.69. The molecule has 0 unspecified atom stereocenters. The molecule has 0 bridgehead atoms. The maximum absolute atomic E-state index is 12.4. The van der Waals surface area contributed by atoms with Crippen molar-refractivity contribution < 1.29 is 24.0 Å². The van der Waals surface area contributed by atoms with Crippen molar-refractivity contribution >= 4 is 17.9 Å². The normalized spacial score (nSPS) is 22.9. The molecule has 1 saturated carbocycles. The minimum atomic E-state index is -1.14. The van der Waals surface area contributed by atoms with E-state index in [-0.39, 0.29) is 36.2 Å². The van der Waals surface area contributed by atoms with E-state index in [1.165, 1.54) is 0 Å². The van der Waals surface area contributed by atoms with Crippen LogP contribution in [0.2, 0.25) is 0 Å². The van der Waals surface area contributed by atoms with Gasteiger partial charge in [-0.25, -0.2) is 4.79 Å². The number of aryl methyl sites for hydroxylation is 1. The fraction of sp³-hybridized carbons (Fsp3) is 0.684. The Hall–Kier alpha value is -2.58. The van der Waals surface area contributed by atoms with Gasteiger partial charge in [0.1, 0.15) is 5.76 Å². The third-order valence-corrected chi connectivity index (χ3v) is 5.19. The summed E-state index contributed by atoms with van der Waals surface area (Å²) in [6, 6.07) is 1.28. The first kappa shape index (κ1) is 21.7. The third kappa shape index (κ3) is 6.24. The lowest BCUT2D eigenvalue weighted by molar-refractivity contribution is -0.122. The second kappa shape index (κ2) is 10.1. The standard InChI is InChI=1S/C19H30N4O5/c1-4-12-9-13(21-17(24)8-11(3)20-19(26)27)6-7-15(12)22-18(25)16-10-14(5-2)28-23-16/h10-13,15,20H,4-9H2,1-3H3,(H,21,24)(H,22,25)(H,26,27)/t11-,12-,13+,15+/m1/s1. The van der Waals surface area contributed by atoms with E-state index in [0.717, 1.165) is 25.7 Å². The van der Waals surface area contributed by atoms with Gasteiger partial charge in [-0.15, -0.1) is 0 Å². The molecule has 2 rings (SSSR count). The highest BCUT2D eigenvalue weighted by molar-refractivity contribution is 5.92. The van der Waals surface area contributed by atoms with Crippen molar-refractivity contribution in [2.24, 2.45) is 5.92 Å². The first-order valence-corrected chi connectivity index (χ1v) is 9.87. The molecule has 3 amide bonds. The van der Waals surface area contributed by atoms with E-state index in [1.54, 1.807) is 13.0 Å². The van der Waals surface area contributed by atoms with Gasteiger partial charge in [0.25, 0.3) is 5.91 Å². The molecule has 1 aromatic rings. The van der Waals surface area contributed by atoms with Crippen LogP contribution >= 0.6 is 0 Å². The summed E-state index contributed by atoms with van der Waals surface area (Å²) in [5.41, 5.74) is 0.294. The predicted octanol–water partition coefficient (Wildman–Crippen LogP) is 2.08. The molecular formula is C19H30N4O5. The zero-order valence-corrected chi connectivity index (χ0v) is 16.7. The molecule has 9 heteroatoms. The van der Waals surface area contributed by atoms with Gasteiger partial charge in [0.15, 0.2) is 5.69 Å². The first-order valence-electron chi connectivity index (χ1n) is 9.87. The van der Waals surface area contributed by atoms with Crippen LogP contribution in [0.4, 0.5) is 4.79 Å². The molecule has 4 N–H and O–H groups in total. The van der Waals surface area contributed by atoms with Crippen LogP contribution in [0.25, 0.3) is 0 Å². The topological polar surface area (TPSA) is 134 Å². The van der Waals surface area contributed by atoms with Crippen molar-refractivity contribution in [1.82, 2.24) is 21.1 Å². The Morgan fingerprint density at radius 2 is 2.04 bits per heavy atom. The fourth-order valence-electron chi connectivity index (χ4n) is 3.69. The summed E-state index contributed by atoms with van der Waals surface area (Å²) in [5.74, 6) is 0.520. The molecular weight excluding hydrogens is 364 g/mol. The maximum Gasteiger partial charge on any atom is 0.404 e. The molecule has 4 atom stereocenters. The van der Waals surface area contributed by atoms with Gasteiger partial charge < -0.3 is 25.6 Å². The largest absolute Gasteiger partial charge is 0.465 e. The van der Waals surface area contributed by atoms with Crippen molar-refractivity contribution in [3.05, 3.63) is 17.5 Å². The van der Waals surface area contributed by atoms with Crippen LogP contribution in [-0.2, 0) is 11.2 Å². The molecule has 1 heterocycles. The summed E-state index contributed by atoms with van der Waals surface area (Å²) < 4.78 is 5.09. The van der Waals surface area contributed by atoms with Crippen LogP contribution in [0, 0.1) is 5.92 Å². The molecule has 1 aromatic heterocycles. The van der Waals surface area contributed by atoms with Crippen LogP contribution < -0.4 is 16.0 Å². The molecule has 0 radical (unpaired) electrons. The number of carboxylic acid groups (broad SMARTS) is 1. The number of hydrogen-bond donors (Lipinski definition) is 4. The number of nitrogens with one attached hydrogen (secondary N) is 3. The highest BCUT2D eigenvalue weighted by Crippen LogP contribution is 2.28. The summed E-state index contributed by atoms with van der Waals surface area (Å²) in [5, 5.41) is 20.8. The van der Waals surface area contributed by atoms with E-state index in [4.69, 9.17) is 9.63 Å². The zero-order valence-electron chi connectivity index (χ0n) is 16.7. The second-order valence-corrected chi connectivity index (χ2v) is 7.41. The minimum Gasteiger partial charge on any atom is -0.465 e. The van der Waals surface area contributed by atoms with Crippen LogP contribution in [-0.4, -0.2) is 46.3 Å². The number of amides is 3. The first-order chi connectivity index (χ1) is 13.3. The lowest BCUT2D eigenvalue weighted by Gasteiger charge is -2.36. The molecule has 28 heavy (non-hydrogen) atoms. The average molecular weight is 394 g/mol. The number of hydrogen-bond acceptors (Lipinski definition) is 5. The van der Waals surface area contributed by atoms with Gasteiger partial charge in [-0.05, 0) is 32.1 Å². The molecule has 0 aromatic carbocycles. The van der Waals surface area contributed by atoms with Crippen molar-refractivity contribution in [2.75, 3.05) is 0 Å². The van der Waals surface area contributed by atoms with E-state index in [0.29, 0.717) is 17.9 Å². The molecule has 1 fully saturated rings. The Balaban J connectivity index is 1.84. The number of rotatable bonds is 8. The van der Waals surface area contributed by atoms with Crippen LogP contribution in [0.5, 0.6) is 0 Å². The molecule has 156 valence electrons. The summed E-state index contributed by atoms with van der Waals surface area (Å²) in [6.07, 6.45) is 2.82. The molecule has 0 spiro atoms. The summed E-state index contributed by atoms with van der Waals surface area (Å²) in [6.45, 7) is 5.66. The minimum absolute atomic E-state index is 0.0278. The van der Waals surface area contributed by atoms with E-state index in [9.17, 15) is 14.4 Å². The van der Waals surface area contributed by atoms with E-state index in [2.05, 4.69) is 28.0 Å². The van der Waals surface area contributed by atoms with Gasteiger partial charge in [0.2, 0.25) is 5.91 Å². The number of carbonyl (C=O) groups excluding carboxylic acids is 2. The lowest BCUT2D eigenvalue weighted by atomic mass is 9.80. The third-order valence-electron chi connectivity index (χ3n) is 5.19. The van der Waals surface area contributed by atoms with Crippen molar-refractivity contribution in [3.8, 4) is 0 Å². The van der Waals surface area contributed by atoms with Gasteiger partial charge in [0.05, 0.1) is 0 Å². The average Bonchev–Trinajstić information content (AvgIpc) is 3.11. The maximum atomic E-state index is 12.4. The highest BCUT2D eigenvalue weighted by atomic mass is 16.5. The van der Waals surface area contributed by atoms with E-state index in [1.807, 2.05) is 6.92 Å². The quantitative estimate of drug-likeness (QED) is 0.533. The summed E-state index contributed by atoms with van der Waals surface area (Å²) in [4.78, 5) is 35.2. The monoisotopic (exact) mass is 394 g/mol. The van der Waals surface area contributed by atoms with Gasteiger partial charge in [-0.2, -0.15) is 0 Å². The van der Waals surface area contributed by atoms with Crippen molar-refractivity contribution in [1.29, 1.82) is 0 Å². The number of nitrogens with zero attached hydrogens (tertiary/aromatic N) is 1.